The molecule has 1 aliphatic rings. The molecule has 0 amide bonds. The van der Waals surface area contributed by atoms with Gasteiger partial charge in [-0.15, -0.1) is 0 Å². The van der Waals surface area contributed by atoms with E-state index in [9.17, 15) is 0 Å². The van der Waals surface area contributed by atoms with Crippen LogP contribution in [0.25, 0.3) is 70.9 Å². The third-order valence-corrected chi connectivity index (χ3v) is 11.7. The van der Waals surface area contributed by atoms with Crippen LogP contribution in [-0.2, 0) is 5.41 Å². The van der Waals surface area contributed by atoms with Crippen LogP contribution in [0.3, 0.4) is 0 Å². The van der Waals surface area contributed by atoms with Crippen molar-refractivity contribution in [3.05, 3.63) is 193 Å². The average molecular weight is 677 g/mol. The summed E-state index contributed by atoms with van der Waals surface area (Å²) in [7, 11) is 0. The number of anilines is 3. The molecule has 53 heavy (non-hydrogen) atoms. The molecule has 0 aliphatic heterocycles. The Morgan fingerprint density at radius 2 is 0.887 bits per heavy atom. The fourth-order valence-electron chi connectivity index (χ4n) is 9.24. The van der Waals surface area contributed by atoms with Gasteiger partial charge in [-0.2, -0.15) is 0 Å². The molecule has 0 atom stereocenters. The lowest BCUT2D eigenvalue weighted by Gasteiger charge is -2.28. The zero-order valence-electron chi connectivity index (χ0n) is 29.7. The van der Waals surface area contributed by atoms with Crippen LogP contribution >= 0.6 is 0 Å². The van der Waals surface area contributed by atoms with Crippen molar-refractivity contribution in [1.29, 1.82) is 0 Å². The number of rotatable bonds is 4. The minimum Gasteiger partial charge on any atom is -0.310 e. The number of hydrogen-bond donors (Lipinski definition) is 0. The molecular formula is C51H36N2. The van der Waals surface area contributed by atoms with Crippen molar-refractivity contribution in [2.24, 2.45) is 0 Å². The van der Waals surface area contributed by atoms with Crippen LogP contribution in [0.1, 0.15) is 25.0 Å². The van der Waals surface area contributed by atoms with E-state index in [0.717, 1.165) is 17.1 Å². The van der Waals surface area contributed by atoms with Crippen LogP contribution in [0, 0.1) is 0 Å². The highest BCUT2D eigenvalue weighted by atomic mass is 15.1. The van der Waals surface area contributed by atoms with Gasteiger partial charge >= 0.3 is 0 Å². The van der Waals surface area contributed by atoms with Gasteiger partial charge in [0.1, 0.15) is 0 Å². The lowest BCUT2D eigenvalue weighted by molar-refractivity contribution is 0.661. The molecule has 0 unspecified atom stereocenters. The zero-order valence-corrected chi connectivity index (χ0v) is 29.7. The molecule has 9 aromatic carbocycles. The zero-order chi connectivity index (χ0) is 35.3. The van der Waals surface area contributed by atoms with Crippen LogP contribution in [0.4, 0.5) is 17.1 Å². The van der Waals surface area contributed by atoms with E-state index in [-0.39, 0.29) is 5.41 Å². The van der Waals surface area contributed by atoms with Crippen LogP contribution in [0.2, 0.25) is 0 Å². The van der Waals surface area contributed by atoms with E-state index in [0.29, 0.717) is 0 Å². The summed E-state index contributed by atoms with van der Waals surface area (Å²) in [5.41, 5.74) is 12.3. The topological polar surface area (TPSA) is 8.17 Å². The molecule has 1 aromatic heterocycles. The Kier molecular flexibility index (Phi) is 6.33. The third kappa shape index (κ3) is 4.33. The lowest BCUT2D eigenvalue weighted by atomic mass is 9.82. The summed E-state index contributed by atoms with van der Waals surface area (Å²) in [6, 6.07) is 67.0. The standard InChI is InChI=1S/C51H36N2/c1-51(2)47-30-36(52(33-15-5-3-6-16-33)34-17-7-4-8-18-34)26-28-42(47)45-31-46-43-23-13-14-24-49(43)53(50(46)32-48(45)51)35-25-27-41-39-21-10-9-19-37(39)38-20-11-12-22-40(38)44(41)29-35/h3-32H,1-2H3. The van der Waals surface area contributed by atoms with Gasteiger partial charge in [-0.1, -0.05) is 129 Å². The molecule has 2 nitrogen and oxygen atoms in total. The normalized spacial score (nSPS) is 13.2. The SMILES string of the molecule is CC1(C)c2cc(N(c3ccccc3)c3ccccc3)ccc2-c2cc3c4ccccc4n(-c4ccc5c6ccccc6c6ccccc6c5c4)c3cc21. The second-order valence-electron chi connectivity index (χ2n) is 14.9. The minimum atomic E-state index is -0.201. The predicted molar refractivity (Wildman–Crippen MR) is 226 cm³/mol. The molecule has 0 fully saturated rings. The molecule has 0 saturated carbocycles. The Morgan fingerprint density at radius 1 is 0.358 bits per heavy atom. The van der Waals surface area contributed by atoms with E-state index in [2.05, 4.69) is 205 Å². The first-order chi connectivity index (χ1) is 26.1. The average Bonchev–Trinajstić information content (AvgIpc) is 3.65. The quantitative estimate of drug-likeness (QED) is 0.168. The summed E-state index contributed by atoms with van der Waals surface area (Å²) in [4.78, 5) is 2.37. The Bertz CT molecular complexity index is 3000. The molecule has 1 heterocycles. The van der Waals surface area contributed by atoms with E-state index >= 15 is 0 Å². The number of nitrogens with zero attached hydrogens (tertiary/aromatic N) is 2. The van der Waals surface area contributed by atoms with E-state index < -0.39 is 0 Å². The second-order valence-corrected chi connectivity index (χ2v) is 14.9. The van der Waals surface area contributed by atoms with Gasteiger partial charge in [0.15, 0.2) is 0 Å². The second kappa shape index (κ2) is 11.2. The van der Waals surface area contributed by atoms with Crippen molar-refractivity contribution in [2.45, 2.75) is 19.3 Å². The van der Waals surface area contributed by atoms with Gasteiger partial charge in [-0.05, 0) is 121 Å². The van der Waals surface area contributed by atoms with Crippen LogP contribution < -0.4 is 4.90 Å². The minimum absolute atomic E-state index is 0.201. The first-order valence-electron chi connectivity index (χ1n) is 18.5. The van der Waals surface area contributed by atoms with Crippen molar-refractivity contribution < 1.29 is 0 Å². The summed E-state index contributed by atoms with van der Waals surface area (Å²) in [6.45, 7) is 4.78. The number of benzene rings is 9. The summed E-state index contributed by atoms with van der Waals surface area (Å²) in [5, 5.41) is 10.3. The number of aromatic nitrogens is 1. The van der Waals surface area contributed by atoms with Crippen LogP contribution in [0.15, 0.2) is 182 Å². The first-order valence-corrected chi connectivity index (χ1v) is 18.5. The highest BCUT2D eigenvalue weighted by Crippen LogP contribution is 2.53. The Morgan fingerprint density at radius 3 is 1.53 bits per heavy atom. The highest BCUT2D eigenvalue weighted by molar-refractivity contribution is 6.25. The molecule has 2 heteroatoms. The Balaban J connectivity index is 1.13. The van der Waals surface area contributed by atoms with Crippen molar-refractivity contribution in [3.63, 3.8) is 0 Å². The van der Waals surface area contributed by atoms with E-state index in [1.165, 1.54) is 82.1 Å². The maximum absolute atomic E-state index is 2.49. The maximum atomic E-state index is 2.49. The van der Waals surface area contributed by atoms with Gasteiger partial charge in [0.05, 0.1) is 11.0 Å². The van der Waals surface area contributed by atoms with Crippen LogP contribution in [0.5, 0.6) is 0 Å². The molecular weight excluding hydrogens is 641 g/mol. The molecule has 0 N–H and O–H groups in total. The first kappa shape index (κ1) is 30.0. The fourth-order valence-corrected chi connectivity index (χ4v) is 9.24. The van der Waals surface area contributed by atoms with Crippen molar-refractivity contribution >= 4 is 71.2 Å². The van der Waals surface area contributed by atoms with Crippen LogP contribution in [-0.4, -0.2) is 4.57 Å². The van der Waals surface area contributed by atoms with E-state index in [1.807, 2.05) is 0 Å². The van der Waals surface area contributed by atoms with E-state index in [4.69, 9.17) is 0 Å². The van der Waals surface area contributed by atoms with Gasteiger partial charge in [0.25, 0.3) is 0 Å². The smallest absolute Gasteiger partial charge is 0.0544 e. The molecule has 0 spiro atoms. The Labute approximate surface area is 308 Å². The summed E-state index contributed by atoms with van der Waals surface area (Å²) < 4.78 is 2.49. The predicted octanol–water partition coefficient (Wildman–Crippen LogP) is 14.0. The van der Waals surface area contributed by atoms with Gasteiger partial charge in [-0.3, -0.25) is 0 Å². The van der Waals surface area contributed by atoms with Gasteiger partial charge in [0.2, 0.25) is 0 Å². The third-order valence-electron chi connectivity index (χ3n) is 11.7. The summed E-state index contributed by atoms with van der Waals surface area (Å²) >= 11 is 0. The number of fused-ring (bicyclic) bond motifs is 12. The molecule has 0 bridgehead atoms. The summed E-state index contributed by atoms with van der Waals surface area (Å²) in [5.74, 6) is 0. The highest BCUT2D eigenvalue weighted by Gasteiger charge is 2.37. The van der Waals surface area contributed by atoms with Crippen molar-refractivity contribution in [1.82, 2.24) is 4.57 Å². The van der Waals surface area contributed by atoms with Gasteiger partial charge in [0, 0.05) is 38.9 Å². The molecule has 10 aromatic rings. The molecule has 11 rings (SSSR count). The lowest BCUT2D eigenvalue weighted by Crippen LogP contribution is -2.16. The van der Waals surface area contributed by atoms with Crippen molar-refractivity contribution in [2.75, 3.05) is 4.90 Å². The number of hydrogen-bond acceptors (Lipinski definition) is 1. The van der Waals surface area contributed by atoms with E-state index in [1.54, 1.807) is 0 Å². The monoisotopic (exact) mass is 676 g/mol. The largest absolute Gasteiger partial charge is 0.310 e. The molecule has 0 saturated heterocycles. The van der Waals surface area contributed by atoms with Gasteiger partial charge in [-0.25, -0.2) is 0 Å². The molecule has 1 aliphatic carbocycles. The maximum Gasteiger partial charge on any atom is 0.0544 e. The van der Waals surface area contributed by atoms with Crippen molar-refractivity contribution in [3.8, 4) is 16.8 Å². The van der Waals surface area contributed by atoms with Gasteiger partial charge < -0.3 is 9.47 Å². The number of para-hydroxylation sites is 3. The summed E-state index contributed by atoms with van der Waals surface area (Å²) in [6.07, 6.45) is 0. The molecule has 0 radical (unpaired) electrons. The fraction of sp³-hybridized carbons (Fsp3) is 0.0588. The molecule has 250 valence electrons. The Hall–Kier alpha value is -6.64.